The molecule has 0 saturated heterocycles. The normalized spacial score (nSPS) is 25.8. The lowest BCUT2D eigenvalue weighted by atomic mass is 9.84. The second-order valence-electron chi connectivity index (χ2n) is 5.09. The first-order valence-electron chi connectivity index (χ1n) is 6.17. The Hall–Kier alpha value is -1.54. The maximum absolute atomic E-state index is 11.4. The highest BCUT2D eigenvalue weighted by atomic mass is 79.9. The van der Waals surface area contributed by atoms with Crippen LogP contribution in [-0.2, 0) is 4.79 Å². The zero-order valence-electron chi connectivity index (χ0n) is 10.6. The van der Waals surface area contributed by atoms with Crippen molar-refractivity contribution in [1.29, 1.82) is 5.26 Å². The Labute approximate surface area is 120 Å². The van der Waals surface area contributed by atoms with E-state index in [1.807, 2.05) is 12.1 Å². The third-order valence-electron chi connectivity index (χ3n) is 3.90. The van der Waals surface area contributed by atoms with E-state index in [2.05, 4.69) is 27.3 Å². The lowest BCUT2D eigenvalue weighted by Crippen LogP contribution is -2.40. The number of carboxylic acids is 1. The van der Waals surface area contributed by atoms with E-state index in [-0.39, 0.29) is 6.04 Å². The molecule has 1 aromatic rings. The molecule has 4 nitrogen and oxygen atoms in total. The van der Waals surface area contributed by atoms with Crippen molar-refractivity contribution in [1.82, 2.24) is 0 Å². The summed E-state index contributed by atoms with van der Waals surface area (Å²) in [5, 5.41) is 21.8. The molecule has 5 heteroatoms. The second kappa shape index (κ2) is 5.22. The molecule has 1 aromatic carbocycles. The molecule has 0 aromatic heterocycles. The number of nitriles is 1. The molecule has 0 bridgehead atoms. The topological polar surface area (TPSA) is 73.1 Å². The second-order valence-corrected chi connectivity index (χ2v) is 5.94. The van der Waals surface area contributed by atoms with Gasteiger partial charge in [-0.05, 0) is 47.8 Å². The molecule has 100 valence electrons. The lowest BCUT2D eigenvalue weighted by molar-refractivity contribution is -0.147. The molecule has 2 unspecified atom stereocenters. The number of aliphatic carboxylic acids is 1. The molecule has 0 amide bonds. The SMILES string of the molecule is CC1(C(=O)O)CCCC1Nc1cccc(Br)c1C#N. The number of benzene rings is 1. The Morgan fingerprint density at radius 2 is 2.37 bits per heavy atom. The van der Waals surface area contributed by atoms with Crippen molar-refractivity contribution in [3.8, 4) is 6.07 Å². The minimum atomic E-state index is -0.781. The van der Waals surface area contributed by atoms with E-state index < -0.39 is 11.4 Å². The van der Waals surface area contributed by atoms with Gasteiger partial charge in [0.1, 0.15) is 6.07 Å². The van der Waals surface area contributed by atoms with Gasteiger partial charge in [-0.15, -0.1) is 0 Å². The molecule has 0 spiro atoms. The number of carbonyl (C=O) groups is 1. The van der Waals surface area contributed by atoms with Crippen LogP contribution >= 0.6 is 15.9 Å². The van der Waals surface area contributed by atoms with E-state index in [1.54, 1.807) is 13.0 Å². The van der Waals surface area contributed by atoms with Gasteiger partial charge in [-0.1, -0.05) is 12.5 Å². The smallest absolute Gasteiger partial charge is 0.311 e. The van der Waals surface area contributed by atoms with E-state index in [1.165, 1.54) is 0 Å². The number of hydrogen-bond donors (Lipinski definition) is 2. The molecule has 1 aliphatic carbocycles. The van der Waals surface area contributed by atoms with Gasteiger partial charge >= 0.3 is 5.97 Å². The van der Waals surface area contributed by atoms with Crippen molar-refractivity contribution in [3.63, 3.8) is 0 Å². The summed E-state index contributed by atoms with van der Waals surface area (Å²) in [5.74, 6) is -0.781. The van der Waals surface area contributed by atoms with Crippen molar-refractivity contribution in [2.75, 3.05) is 5.32 Å². The predicted molar refractivity (Wildman–Crippen MR) is 75.9 cm³/mol. The Kier molecular flexibility index (Phi) is 3.81. The van der Waals surface area contributed by atoms with Crippen molar-refractivity contribution in [2.24, 2.45) is 5.41 Å². The average Bonchev–Trinajstić information content (AvgIpc) is 2.73. The van der Waals surface area contributed by atoms with Crippen molar-refractivity contribution in [2.45, 2.75) is 32.2 Å². The first-order valence-corrected chi connectivity index (χ1v) is 6.97. The first kappa shape index (κ1) is 13.9. The Morgan fingerprint density at radius 1 is 1.63 bits per heavy atom. The molecule has 1 fully saturated rings. The maximum Gasteiger partial charge on any atom is 0.311 e. The molecule has 2 N–H and O–H groups in total. The van der Waals surface area contributed by atoms with Gasteiger partial charge in [-0.25, -0.2) is 0 Å². The summed E-state index contributed by atoms with van der Waals surface area (Å²) in [6.07, 6.45) is 2.35. The van der Waals surface area contributed by atoms with Crippen molar-refractivity contribution in [3.05, 3.63) is 28.2 Å². The van der Waals surface area contributed by atoms with Gasteiger partial charge in [0.15, 0.2) is 0 Å². The highest BCUT2D eigenvalue weighted by molar-refractivity contribution is 9.10. The van der Waals surface area contributed by atoms with Gasteiger partial charge in [0.2, 0.25) is 0 Å². The predicted octanol–water partition coefficient (Wildman–Crippen LogP) is 3.38. The molecule has 2 atom stereocenters. The quantitative estimate of drug-likeness (QED) is 0.894. The molecule has 1 saturated carbocycles. The highest BCUT2D eigenvalue weighted by Crippen LogP contribution is 2.40. The first-order chi connectivity index (χ1) is 8.99. The van der Waals surface area contributed by atoms with Gasteiger partial charge in [0.25, 0.3) is 0 Å². The minimum Gasteiger partial charge on any atom is -0.481 e. The third-order valence-corrected chi connectivity index (χ3v) is 4.56. The number of rotatable bonds is 3. The number of anilines is 1. The molecular formula is C14H15BrN2O2. The molecule has 1 aliphatic rings. The standard InChI is InChI=1S/C14H15BrN2O2/c1-14(13(18)19)7-3-6-12(14)17-11-5-2-4-10(15)9(11)8-16/h2,4-5,12,17H,3,6-7H2,1H3,(H,18,19). The van der Waals surface area contributed by atoms with Crippen LogP contribution in [0.3, 0.4) is 0 Å². The monoisotopic (exact) mass is 322 g/mol. The highest BCUT2D eigenvalue weighted by Gasteiger charge is 2.45. The zero-order chi connectivity index (χ0) is 14.0. The average molecular weight is 323 g/mol. The fraction of sp³-hybridized carbons (Fsp3) is 0.429. The Balaban J connectivity index is 2.30. The number of nitrogens with one attached hydrogen (secondary N) is 1. The maximum atomic E-state index is 11.4. The van der Waals surface area contributed by atoms with Crippen LogP contribution in [0.2, 0.25) is 0 Å². The zero-order valence-corrected chi connectivity index (χ0v) is 12.2. The van der Waals surface area contributed by atoms with Crippen LogP contribution in [0, 0.1) is 16.7 Å². The molecule has 2 rings (SSSR count). The summed E-state index contributed by atoms with van der Waals surface area (Å²) in [6, 6.07) is 7.43. The van der Waals surface area contributed by atoms with E-state index in [0.717, 1.165) is 17.3 Å². The Morgan fingerprint density at radius 3 is 3.00 bits per heavy atom. The van der Waals surface area contributed by atoms with Gasteiger partial charge in [0, 0.05) is 10.5 Å². The van der Waals surface area contributed by atoms with E-state index >= 15 is 0 Å². The van der Waals surface area contributed by atoms with Gasteiger partial charge in [-0.3, -0.25) is 4.79 Å². The third kappa shape index (κ3) is 2.45. The van der Waals surface area contributed by atoms with Crippen molar-refractivity contribution < 1.29 is 9.90 Å². The summed E-state index contributed by atoms with van der Waals surface area (Å²) < 4.78 is 0.718. The van der Waals surface area contributed by atoms with Gasteiger partial charge in [0.05, 0.1) is 16.7 Å². The fourth-order valence-corrected chi connectivity index (χ4v) is 3.05. The van der Waals surface area contributed by atoms with Crippen LogP contribution in [0.1, 0.15) is 31.7 Å². The molecule has 0 radical (unpaired) electrons. The number of halogens is 1. The molecule has 0 aliphatic heterocycles. The molecule has 19 heavy (non-hydrogen) atoms. The van der Waals surface area contributed by atoms with Crippen LogP contribution < -0.4 is 5.32 Å². The summed E-state index contributed by atoms with van der Waals surface area (Å²) in [7, 11) is 0. The van der Waals surface area contributed by atoms with Crippen LogP contribution in [0.15, 0.2) is 22.7 Å². The van der Waals surface area contributed by atoms with Crippen LogP contribution in [0.5, 0.6) is 0 Å². The Bertz CT molecular complexity index is 553. The number of nitrogens with zero attached hydrogens (tertiary/aromatic N) is 1. The summed E-state index contributed by atoms with van der Waals surface area (Å²) in [6.45, 7) is 1.77. The lowest BCUT2D eigenvalue weighted by Gasteiger charge is -2.29. The number of carboxylic acid groups (broad SMARTS) is 1. The number of hydrogen-bond acceptors (Lipinski definition) is 3. The summed E-state index contributed by atoms with van der Waals surface area (Å²) in [5.41, 5.74) is 0.438. The summed E-state index contributed by atoms with van der Waals surface area (Å²) >= 11 is 3.34. The van der Waals surface area contributed by atoms with Gasteiger partial charge in [-0.2, -0.15) is 5.26 Å². The van der Waals surface area contributed by atoms with E-state index in [4.69, 9.17) is 0 Å². The van der Waals surface area contributed by atoms with Crippen molar-refractivity contribution >= 4 is 27.6 Å². The minimum absolute atomic E-state index is 0.147. The largest absolute Gasteiger partial charge is 0.481 e. The van der Waals surface area contributed by atoms with Crippen LogP contribution in [0.4, 0.5) is 5.69 Å². The van der Waals surface area contributed by atoms with E-state index in [0.29, 0.717) is 17.7 Å². The summed E-state index contributed by atoms with van der Waals surface area (Å²) in [4.78, 5) is 11.4. The fourth-order valence-electron chi connectivity index (χ4n) is 2.60. The van der Waals surface area contributed by atoms with Crippen LogP contribution in [-0.4, -0.2) is 17.1 Å². The van der Waals surface area contributed by atoms with Gasteiger partial charge < -0.3 is 10.4 Å². The van der Waals surface area contributed by atoms with E-state index in [9.17, 15) is 15.2 Å². The molecular weight excluding hydrogens is 308 g/mol. The van der Waals surface area contributed by atoms with Crippen LogP contribution in [0.25, 0.3) is 0 Å². The molecule has 0 heterocycles.